The number of nitrogens with one attached hydrogen (secondary N) is 1. The van der Waals surface area contributed by atoms with Crippen LogP contribution in [0, 0.1) is 5.92 Å². The number of hydrogen-bond donors (Lipinski definition) is 1. The molecule has 2 aromatic rings. The molecule has 3 rings (SSSR count). The SMILES string of the molecule is O=C(NCc1ccnc(-c2cccs2)c1)C1CCOCC1. The van der Waals surface area contributed by atoms with E-state index in [1.807, 2.05) is 23.6 Å². The summed E-state index contributed by atoms with van der Waals surface area (Å²) in [6, 6.07) is 8.05. The molecule has 0 aromatic carbocycles. The van der Waals surface area contributed by atoms with E-state index in [9.17, 15) is 4.79 Å². The number of aromatic nitrogens is 1. The molecule has 2 aromatic heterocycles. The second-order valence-electron chi connectivity index (χ2n) is 5.13. The van der Waals surface area contributed by atoms with Gasteiger partial charge in [-0.25, -0.2) is 0 Å². The Morgan fingerprint density at radius 2 is 2.24 bits per heavy atom. The molecule has 1 N–H and O–H groups in total. The number of thiophene rings is 1. The van der Waals surface area contributed by atoms with Crippen molar-refractivity contribution in [2.45, 2.75) is 19.4 Å². The van der Waals surface area contributed by atoms with Gasteiger partial charge in [0.1, 0.15) is 0 Å². The minimum Gasteiger partial charge on any atom is -0.381 e. The van der Waals surface area contributed by atoms with E-state index in [1.54, 1.807) is 17.5 Å². The summed E-state index contributed by atoms with van der Waals surface area (Å²) in [5.74, 6) is 0.227. The number of rotatable bonds is 4. The zero-order valence-electron chi connectivity index (χ0n) is 11.7. The van der Waals surface area contributed by atoms with Gasteiger partial charge >= 0.3 is 0 Å². The van der Waals surface area contributed by atoms with E-state index < -0.39 is 0 Å². The third-order valence-corrected chi connectivity index (χ3v) is 4.55. The third kappa shape index (κ3) is 3.68. The minimum atomic E-state index is 0.0948. The lowest BCUT2D eigenvalue weighted by Gasteiger charge is -2.21. The number of amides is 1. The van der Waals surface area contributed by atoms with Crippen LogP contribution in [0.3, 0.4) is 0 Å². The van der Waals surface area contributed by atoms with Crippen LogP contribution in [0.5, 0.6) is 0 Å². The van der Waals surface area contributed by atoms with E-state index in [0.29, 0.717) is 19.8 Å². The Kier molecular flexibility index (Phi) is 4.62. The summed E-state index contributed by atoms with van der Waals surface area (Å²) < 4.78 is 5.28. The molecule has 21 heavy (non-hydrogen) atoms. The van der Waals surface area contributed by atoms with Crippen LogP contribution in [0.2, 0.25) is 0 Å². The van der Waals surface area contributed by atoms with Crippen LogP contribution in [0.4, 0.5) is 0 Å². The number of carbonyl (C=O) groups is 1. The normalized spacial score (nSPS) is 15.8. The molecule has 0 unspecified atom stereocenters. The molecule has 0 spiro atoms. The molecule has 0 aliphatic carbocycles. The fourth-order valence-electron chi connectivity index (χ4n) is 2.44. The van der Waals surface area contributed by atoms with Gasteiger partial charge < -0.3 is 10.1 Å². The van der Waals surface area contributed by atoms with Crippen molar-refractivity contribution < 1.29 is 9.53 Å². The molecule has 0 saturated carbocycles. The summed E-state index contributed by atoms with van der Waals surface area (Å²) >= 11 is 1.67. The maximum Gasteiger partial charge on any atom is 0.223 e. The van der Waals surface area contributed by atoms with Crippen LogP contribution in [-0.2, 0) is 16.1 Å². The first-order chi connectivity index (χ1) is 10.3. The molecule has 1 aliphatic rings. The van der Waals surface area contributed by atoms with E-state index in [2.05, 4.69) is 16.4 Å². The van der Waals surface area contributed by atoms with E-state index in [-0.39, 0.29) is 11.8 Å². The van der Waals surface area contributed by atoms with Crippen LogP contribution in [0.15, 0.2) is 35.8 Å². The van der Waals surface area contributed by atoms with Gasteiger partial charge in [-0.2, -0.15) is 0 Å². The molecule has 4 nitrogen and oxygen atoms in total. The topological polar surface area (TPSA) is 51.2 Å². The first-order valence-corrected chi connectivity index (χ1v) is 8.05. The highest BCUT2D eigenvalue weighted by atomic mass is 32.1. The van der Waals surface area contributed by atoms with E-state index in [4.69, 9.17) is 4.74 Å². The molecular formula is C16H18N2O2S. The summed E-state index contributed by atoms with van der Waals surface area (Å²) in [6.45, 7) is 1.93. The van der Waals surface area contributed by atoms with Crippen molar-refractivity contribution in [1.82, 2.24) is 10.3 Å². The van der Waals surface area contributed by atoms with Gasteiger partial charge in [-0.15, -0.1) is 11.3 Å². The Morgan fingerprint density at radius 1 is 1.38 bits per heavy atom. The number of carbonyl (C=O) groups excluding carboxylic acids is 1. The van der Waals surface area contributed by atoms with Crippen molar-refractivity contribution in [3.05, 3.63) is 41.4 Å². The molecule has 0 bridgehead atoms. The molecule has 0 radical (unpaired) electrons. The van der Waals surface area contributed by atoms with Gasteiger partial charge in [-0.1, -0.05) is 6.07 Å². The Labute approximate surface area is 128 Å². The summed E-state index contributed by atoms with van der Waals surface area (Å²) in [5.41, 5.74) is 2.04. The fraction of sp³-hybridized carbons (Fsp3) is 0.375. The molecule has 0 atom stereocenters. The Bertz CT molecular complexity index is 592. The molecule has 1 amide bonds. The van der Waals surface area contributed by atoms with Crippen LogP contribution in [0.1, 0.15) is 18.4 Å². The second kappa shape index (κ2) is 6.83. The summed E-state index contributed by atoms with van der Waals surface area (Å²) in [7, 11) is 0. The monoisotopic (exact) mass is 302 g/mol. The Hall–Kier alpha value is -1.72. The molecular weight excluding hydrogens is 284 g/mol. The standard InChI is InChI=1S/C16H18N2O2S/c19-16(13-4-7-20-8-5-13)18-11-12-3-6-17-14(10-12)15-2-1-9-21-15/h1-3,6,9-10,13H,4-5,7-8,11H2,(H,18,19). The summed E-state index contributed by atoms with van der Waals surface area (Å²) in [4.78, 5) is 17.6. The van der Waals surface area contributed by atoms with Crippen LogP contribution < -0.4 is 5.32 Å². The van der Waals surface area contributed by atoms with Crippen molar-refractivity contribution >= 4 is 17.2 Å². The average molecular weight is 302 g/mol. The Morgan fingerprint density at radius 3 is 3.00 bits per heavy atom. The highest BCUT2D eigenvalue weighted by Crippen LogP contribution is 2.23. The summed E-state index contributed by atoms with van der Waals surface area (Å²) in [5, 5.41) is 5.06. The van der Waals surface area contributed by atoms with E-state index in [0.717, 1.165) is 29.0 Å². The van der Waals surface area contributed by atoms with Crippen molar-refractivity contribution in [1.29, 1.82) is 0 Å². The number of ether oxygens (including phenoxy) is 1. The van der Waals surface area contributed by atoms with Gasteiger partial charge in [-0.3, -0.25) is 9.78 Å². The van der Waals surface area contributed by atoms with Gasteiger partial charge in [0.05, 0.1) is 10.6 Å². The quantitative estimate of drug-likeness (QED) is 0.945. The fourth-order valence-corrected chi connectivity index (χ4v) is 3.13. The van der Waals surface area contributed by atoms with Crippen molar-refractivity contribution in [3.8, 4) is 10.6 Å². The first-order valence-electron chi connectivity index (χ1n) is 7.17. The first kappa shape index (κ1) is 14.2. The molecule has 3 heterocycles. The smallest absolute Gasteiger partial charge is 0.223 e. The predicted octanol–water partition coefficient (Wildman–Crippen LogP) is 2.85. The number of nitrogens with zero attached hydrogens (tertiary/aromatic N) is 1. The molecule has 5 heteroatoms. The van der Waals surface area contributed by atoms with Gasteiger partial charge in [-0.05, 0) is 42.0 Å². The average Bonchev–Trinajstić information content (AvgIpc) is 3.08. The summed E-state index contributed by atoms with van der Waals surface area (Å²) in [6.07, 6.45) is 3.44. The maximum absolute atomic E-state index is 12.1. The molecule has 1 fully saturated rings. The van der Waals surface area contributed by atoms with Crippen LogP contribution >= 0.6 is 11.3 Å². The lowest BCUT2D eigenvalue weighted by Crippen LogP contribution is -2.33. The van der Waals surface area contributed by atoms with Gasteiger partial charge in [0.25, 0.3) is 0 Å². The molecule has 110 valence electrons. The zero-order chi connectivity index (χ0) is 14.5. The predicted molar refractivity (Wildman–Crippen MR) is 82.9 cm³/mol. The zero-order valence-corrected chi connectivity index (χ0v) is 12.6. The third-order valence-electron chi connectivity index (χ3n) is 3.66. The van der Waals surface area contributed by atoms with Crippen molar-refractivity contribution in [3.63, 3.8) is 0 Å². The van der Waals surface area contributed by atoms with Crippen LogP contribution in [-0.4, -0.2) is 24.1 Å². The highest BCUT2D eigenvalue weighted by molar-refractivity contribution is 7.13. The van der Waals surface area contributed by atoms with Gasteiger partial charge in [0, 0.05) is 31.9 Å². The number of hydrogen-bond acceptors (Lipinski definition) is 4. The van der Waals surface area contributed by atoms with Crippen molar-refractivity contribution in [2.24, 2.45) is 5.92 Å². The minimum absolute atomic E-state index is 0.0948. The second-order valence-corrected chi connectivity index (χ2v) is 6.08. The lowest BCUT2D eigenvalue weighted by atomic mass is 9.99. The van der Waals surface area contributed by atoms with Crippen LogP contribution in [0.25, 0.3) is 10.6 Å². The van der Waals surface area contributed by atoms with E-state index >= 15 is 0 Å². The number of pyridine rings is 1. The maximum atomic E-state index is 12.1. The lowest BCUT2D eigenvalue weighted by molar-refractivity contribution is -0.128. The molecule has 1 saturated heterocycles. The van der Waals surface area contributed by atoms with Gasteiger partial charge in [0.15, 0.2) is 0 Å². The van der Waals surface area contributed by atoms with Gasteiger partial charge in [0.2, 0.25) is 5.91 Å². The highest BCUT2D eigenvalue weighted by Gasteiger charge is 2.21. The largest absolute Gasteiger partial charge is 0.381 e. The Balaban J connectivity index is 1.60. The van der Waals surface area contributed by atoms with Crippen molar-refractivity contribution in [2.75, 3.05) is 13.2 Å². The van der Waals surface area contributed by atoms with E-state index in [1.165, 1.54) is 0 Å². The molecule has 1 aliphatic heterocycles.